The molecule has 0 saturated carbocycles. The molecule has 0 bridgehead atoms. The lowest BCUT2D eigenvalue weighted by molar-refractivity contribution is -0.0503. The van der Waals surface area contributed by atoms with Crippen LogP contribution in [-0.4, -0.2) is 11.7 Å². The maximum Gasteiger partial charge on any atom is 0.387 e. The lowest BCUT2D eigenvalue weighted by Crippen LogP contribution is -2.03. The van der Waals surface area contributed by atoms with Gasteiger partial charge in [0.25, 0.3) is 0 Å². The van der Waals surface area contributed by atoms with Crippen LogP contribution in [0.5, 0.6) is 11.5 Å². The van der Waals surface area contributed by atoms with E-state index in [-0.39, 0.29) is 11.5 Å². The monoisotopic (exact) mass is 188 g/mol. The van der Waals surface area contributed by atoms with Crippen LogP contribution in [0.2, 0.25) is 0 Å². The van der Waals surface area contributed by atoms with Crippen LogP contribution in [0.3, 0.4) is 0 Å². The average molecular weight is 188 g/mol. The smallest absolute Gasteiger partial charge is 0.387 e. The number of aryl methyl sites for hydroxylation is 2. The second kappa shape index (κ2) is 3.60. The fourth-order valence-electron chi connectivity index (χ4n) is 0.997. The molecule has 0 heterocycles. The van der Waals surface area contributed by atoms with Crippen LogP contribution < -0.4 is 4.74 Å². The Labute approximate surface area is 74.8 Å². The van der Waals surface area contributed by atoms with Crippen LogP contribution in [0.25, 0.3) is 0 Å². The molecule has 0 aliphatic heterocycles. The Morgan fingerprint density at radius 1 is 1.23 bits per heavy atom. The van der Waals surface area contributed by atoms with Crippen molar-refractivity contribution in [2.24, 2.45) is 0 Å². The minimum absolute atomic E-state index is 0.0825. The highest BCUT2D eigenvalue weighted by Gasteiger charge is 2.09. The van der Waals surface area contributed by atoms with E-state index in [1.165, 1.54) is 12.1 Å². The summed E-state index contributed by atoms with van der Waals surface area (Å²) in [5.74, 6) is 0.185. The number of hydrogen-bond acceptors (Lipinski definition) is 2. The maximum atomic E-state index is 11.8. The Kier molecular flexibility index (Phi) is 2.70. The second-order valence-electron chi connectivity index (χ2n) is 2.78. The molecule has 0 radical (unpaired) electrons. The molecule has 1 aromatic carbocycles. The molecule has 72 valence electrons. The van der Waals surface area contributed by atoms with Gasteiger partial charge in [-0.1, -0.05) is 0 Å². The molecule has 1 aromatic rings. The van der Waals surface area contributed by atoms with Gasteiger partial charge in [0.2, 0.25) is 0 Å². The molecule has 1 N–H and O–H groups in total. The Balaban J connectivity index is 3.01. The zero-order valence-electron chi connectivity index (χ0n) is 7.34. The van der Waals surface area contributed by atoms with E-state index in [1.54, 1.807) is 13.8 Å². The number of phenols is 1. The summed E-state index contributed by atoms with van der Waals surface area (Å²) in [6, 6.07) is 2.78. The molecule has 0 atom stereocenters. The molecule has 4 heteroatoms. The van der Waals surface area contributed by atoms with Crippen molar-refractivity contribution in [3.05, 3.63) is 23.3 Å². The SMILES string of the molecule is Cc1cc(OC(F)F)c(C)cc1O. The van der Waals surface area contributed by atoms with Gasteiger partial charge in [-0.25, -0.2) is 0 Å². The number of rotatable bonds is 2. The topological polar surface area (TPSA) is 29.5 Å². The summed E-state index contributed by atoms with van der Waals surface area (Å²) < 4.78 is 27.9. The first kappa shape index (κ1) is 9.77. The molecular formula is C9H10F2O2. The minimum Gasteiger partial charge on any atom is -0.508 e. The van der Waals surface area contributed by atoms with E-state index in [0.29, 0.717) is 11.1 Å². The third-order valence-corrected chi connectivity index (χ3v) is 1.71. The number of hydrogen-bond donors (Lipinski definition) is 1. The number of ether oxygens (including phenoxy) is 1. The zero-order chi connectivity index (χ0) is 10.0. The third kappa shape index (κ3) is 2.31. The Morgan fingerprint density at radius 3 is 2.38 bits per heavy atom. The van der Waals surface area contributed by atoms with Crippen molar-refractivity contribution in [3.63, 3.8) is 0 Å². The van der Waals surface area contributed by atoms with Gasteiger partial charge >= 0.3 is 6.61 Å². The molecule has 0 fully saturated rings. The molecule has 0 spiro atoms. The summed E-state index contributed by atoms with van der Waals surface area (Å²) in [7, 11) is 0. The Morgan fingerprint density at radius 2 is 1.85 bits per heavy atom. The summed E-state index contributed by atoms with van der Waals surface area (Å²) >= 11 is 0. The summed E-state index contributed by atoms with van der Waals surface area (Å²) in [4.78, 5) is 0. The van der Waals surface area contributed by atoms with E-state index in [1.807, 2.05) is 0 Å². The van der Waals surface area contributed by atoms with Gasteiger partial charge in [0.05, 0.1) is 0 Å². The molecule has 0 aliphatic rings. The summed E-state index contributed by atoms with van der Waals surface area (Å²) in [5, 5.41) is 9.22. The quantitative estimate of drug-likeness (QED) is 0.772. The van der Waals surface area contributed by atoms with Crippen LogP contribution in [0.15, 0.2) is 12.1 Å². The van der Waals surface area contributed by atoms with Crippen molar-refractivity contribution < 1.29 is 18.6 Å². The van der Waals surface area contributed by atoms with Gasteiger partial charge in [-0.15, -0.1) is 0 Å². The van der Waals surface area contributed by atoms with Gasteiger partial charge in [-0.2, -0.15) is 8.78 Å². The van der Waals surface area contributed by atoms with Crippen molar-refractivity contribution in [1.29, 1.82) is 0 Å². The van der Waals surface area contributed by atoms with Crippen LogP contribution in [0.4, 0.5) is 8.78 Å². The highest BCUT2D eigenvalue weighted by molar-refractivity contribution is 5.44. The fraction of sp³-hybridized carbons (Fsp3) is 0.333. The zero-order valence-corrected chi connectivity index (χ0v) is 7.34. The molecule has 0 unspecified atom stereocenters. The summed E-state index contributed by atoms with van der Waals surface area (Å²) in [5.41, 5.74) is 1.00. The molecule has 0 aliphatic carbocycles. The molecule has 0 amide bonds. The lowest BCUT2D eigenvalue weighted by Gasteiger charge is -2.09. The van der Waals surface area contributed by atoms with Crippen LogP contribution in [-0.2, 0) is 0 Å². The van der Waals surface area contributed by atoms with Gasteiger partial charge in [-0.05, 0) is 37.1 Å². The van der Waals surface area contributed by atoms with E-state index in [0.717, 1.165) is 0 Å². The standard InChI is InChI=1S/C9H10F2O2/c1-5-4-8(13-9(10)11)6(2)3-7(5)12/h3-4,9,12H,1-2H3. The van der Waals surface area contributed by atoms with Gasteiger partial charge in [0.1, 0.15) is 11.5 Å². The van der Waals surface area contributed by atoms with Crippen LogP contribution in [0, 0.1) is 13.8 Å². The molecule has 0 saturated heterocycles. The summed E-state index contributed by atoms with van der Waals surface area (Å²) in [6.45, 7) is 0.381. The van der Waals surface area contributed by atoms with E-state index in [4.69, 9.17) is 0 Å². The first-order valence-corrected chi connectivity index (χ1v) is 3.75. The van der Waals surface area contributed by atoms with Crippen molar-refractivity contribution in [2.75, 3.05) is 0 Å². The molecular weight excluding hydrogens is 178 g/mol. The number of aromatic hydroxyl groups is 1. The van der Waals surface area contributed by atoms with Crippen molar-refractivity contribution >= 4 is 0 Å². The highest BCUT2D eigenvalue weighted by Crippen LogP contribution is 2.27. The van der Waals surface area contributed by atoms with Gasteiger partial charge in [-0.3, -0.25) is 0 Å². The third-order valence-electron chi connectivity index (χ3n) is 1.71. The van der Waals surface area contributed by atoms with Gasteiger partial charge in [0.15, 0.2) is 0 Å². The fourth-order valence-corrected chi connectivity index (χ4v) is 0.997. The van der Waals surface area contributed by atoms with E-state index in [2.05, 4.69) is 4.74 Å². The number of phenolic OH excluding ortho intramolecular Hbond substituents is 1. The summed E-state index contributed by atoms with van der Waals surface area (Å²) in [6.07, 6.45) is 0. The normalized spacial score (nSPS) is 10.5. The number of alkyl halides is 2. The van der Waals surface area contributed by atoms with Gasteiger partial charge < -0.3 is 9.84 Å². The highest BCUT2D eigenvalue weighted by atomic mass is 19.3. The van der Waals surface area contributed by atoms with Crippen LogP contribution in [0.1, 0.15) is 11.1 Å². The van der Waals surface area contributed by atoms with Crippen molar-refractivity contribution in [1.82, 2.24) is 0 Å². The van der Waals surface area contributed by atoms with E-state index < -0.39 is 6.61 Å². The predicted octanol–water partition coefficient (Wildman–Crippen LogP) is 2.61. The number of halogens is 2. The largest absolute Gasteiger partial charge is 0.508 e. The van der Waals surface area contributed by atoms with Gasteiger partial charge in [0, 0.05) is 0 Å². The van der Waals surface area contributed by atoms with E-state index in [9.17, 15) is 13.9 Å². The number of benzene rings is 1. The Bertz CT molecular complexity index is 311. The lowest BCUT2D eigenvalue weighted by atomic mass is 10.1. The predicted molar refractivity (Wildman–Crippen MR) is 44.2 cm³/mol. The molecule has 2 nitrogen and oxygen atoms in total. The maximum absolute atomic E-state index is 11.8. The molecule has 13 heavy (non-hydrogen) atoms. The first-order chi connectivity index (χ1) is 6.00. The van der Waals surface area contributed by atoms with Crippen molar-refractivity contribution in [2.45, 2.75) is 20.5 Å². The molecule has 1 rings (SSSR count). The van der Waals surface area contributed by atoms with Crippen LogP contribution >= 0.6 is 0 Å². The van der Waals surface area contributed by atoms with Crippen molar-refractivity contribution in [3.8, 4) is 11.5 Å². The first-order valence-electron chi connectivity index (χ1n) is 3.75. The minimum atomic E-state index is -2.83. The Hall–Kier alpha value is -1.32. The average Bonchev–Trinajstić information content (AvgIpc) is 1.99. The van der Waals surface area contributed by atoms with E-state index >= 15 is 0 Å². The second-order valence-corrected chi connectivity index (χ2v) is 2.78. The molecule has 0 aromatic heterocycles.